The maximum Gasteiger partial charge on any atom is 0.292 e. The molecule has 98 valence electrons. The van der Waals surface area contributed by atoms with Crippen LogP contribution in [0, 0.1) is 10.1 Å². The molecule has 0 radical (unpaired) electrons. The molecule has 0 aliphatic heterocycles. The number of anilines is 1. The SMILES string of the molecule is O=C(CNc1ccccc1[N+](=O)[O-])NCCCO. The van der Waals surface area contributed by atoms with E-state index in [1.54, 1.807) is 18.2 Å². The highest BCUT2D eigenvalue weighted by molar-refractivity contribution is 5.81. The fraction of sp³-hybridized carbons (Fsp3) is 0.364. The van der Waals surface area contributed by atoms with Gasteiger partial charge in [0.1, 0.15) is 5.69 Å². The molecule has 0 saturated heterocycles. The van der Waals surface area contributed by atoms with Crippen molar-refractivity contribution < 1.29 is 14.8 Å². The molecule has 7 nitrogen and oxygen atoms in total. The third-order valence-corrected chi connectivity index (χ3v) is 2.20. The van der Waals surface area contributed by atoms with E-state index in [2.05, 4.69) is 10.6 Å². The smallest absolute Gasteiger partial charge is 0.292 e. The maximum atomic E-state index is 11.3. The molecular formula is C11H15N3O4. The van der Waals surface area contributed by atoms with E-state index < -0.39 is 4.92 Å². The number of aliphatic hydroxyl groups excluding tert-OH is 1. The van der Waals surface area contributed by atoms with Crippen LogP contribution in [0.5, 0.6) is 0 Å². The molecule has 0 aliphatic rings. The van der Waals surface area contributed by atoms with Crippen molar-refractivity contribution in [3.63, 3.8) is 0 Å². The van der Waals surface area contributed by atoms with Gasteiger partial charge in [0, 0.05) is 19.2 Å². The Kier molecular flexibility index (Phi) is 5.59. The Balaban J connectivity index is 2.48. The largest absolute Gasteiger partial charge is 0.396 e. The van der Waals surface area contributed by atoms with Gasteiger partial charge in [0.2, 0.25) is 5.91 Å². The first kappa shape index (κ1) is 13.9. The average molecular weight is 253 g/mol. The molecule has 0 aromatic heterocycles. The molecule has 18 heavy (non-hydrogen) atoms. The number of carbonyl (C=O) groups is 1. The Morgan fingerprint density at radius 2 is 2.11 bits per heavy atom. The van der Waals surface area contributed by atoms with Crippen LogP contribution in [-0.2, 0) is 4.79 Å². The first-order chi connectivity index (χ1) is 8.65. The zero-order valence-electron chi connectivity index (χ0n) is 9.76. The first-order valence-corrected chi connectivity index (χ1v) is 5.50. The third-order valence-electron chi connectivity index (χ3n) is 2.20. The van der Waals surface area contributed by atoms with Crippen molar-refractivity contribution in [2.45, 2.75) is 6.42 Å². The lowest BCUT2D eigenvalue weighted by Crippen LogP contribution is -2.31. The summed E-state index contributed by atoms with van der Waals surface area (Å²) in [5, 5.41) is 24.5. The molecule has 1 rings (SSSR count). The highest BCUT2D eigenvalue weighted by atomic mass is 16.6. The Morgan fingerprint density at radius 3 is 2.78 bits per heavy atom. The molecule has 0 atom stereocenters. The van der Waals surface area contributed by atoms with Gasteiger partial charge in [-0.1, -0.05) is 12.1 Å². The average Bonchev–Trinajstić information content (AvgIpc) is 2.37. The Hall–Kier alpha value is -2.15. The van der Waals surface area contributed by atoms with Gasteiger partial charge in [-0.25, -0.2) is 0 Å². The molecule has 0 unspecified atom stereocenters. The van der Waals surface area contributed by atoms with Crippen LogP contribution in [0.2, 0.25) is 0 Å². The summed E-state index contributed by atoms with van der Waals surface area (Å²) in [6, 6.07) is 6.12. The molecule has 0 heterocycles. The van der Waals surface area contributed by atoms with Crippen molar-refractivity contribution in [3.8, 4) is 0 Å². The van der Waals surface area contributed by atoms with Crippen LogP contribution in [0.1, 0.15) is 6.42 Å². The van der Waals surface area contributed by atoms with Gasteiger partial charge in [0.05, 0.1) is 11.5 Å². The maximum absolute atomic E-state index is 11.3. The molecule has 0 bridgehead atoms. The number of rotatable bonds is 7. The van der Waals surface area contributed by atoms with Gasteiger partial charge in [-0.05, 0) is 12.5 Å². The minimum Gasteiger partial charge on any atom is -0.396 e. The first-order valence-electron chi connectivity index (χ1n) is 5.50. The zero-order chi connectivity index (χ0) is 13.4. The number of hydrogen-bond acceptors (Lipinski definition) is 5. The number of amides is 1. The molecule has 1 aromatic carbocycles. The van der Waals surface area contributed by atoms with Gasteiger partial charge in [0.25, 0.3) is 5.69 Å². The van der Waals surface area contributed by atoms with Crippen LogP contribution in [0.25, 0.3) is 0 Å². The topological polar surface area (TPSA) is 104 Å². The molecular weight excluding hydrogens is 238 g/mol. The van der Waals surface area contributed by atoms with Crippen molar-refractivity contribution in [2.75, 3.05) is 25.0 Å². The summed E-state index contributed by atoms with van der Waals surface area (Å²) in [5.74, 6) is -0.276. The predicted molar refractivity (Wildman–Crippen MR) is 66.3 cm³/mol. The van der Waals surface area contributed by atoms with Crippen molar-refractivity contribution in [1.82, 2.24) is 5.32 Å². The van der Waals surface area contributed by atoms with E-state index in [-0.39, 0.29) is 24.7 Å². The van der Waals surface area contributed by atoms with Gasteiger partial charge >= 0.3 is 0 Å². The van der Waals surface area contributed by atoms with Gasteiger partial charge in [-0.15, -0.1) is 0 Å². The van der Waals surface area contributed by atoms with Crippen molar-refractivity contribution in [1.29, 1.82) is 0 Å². The monoisotopic (exact) mass is 253 g/mol. The number of nitro groups is 1. The normalized spacial score (nSPS) is 9.83. The van der Waals surface area contributed by atoms with Crippen LogP contribution >= 0.6 is 0 Å². The van der Waals surface area contributed by atoms with Gasteiger partial charge in [0.15, 0.2) is 0 Å². The highest BCUT2D eigenvalue weighted by Crippen LogP contribution is 2.22. The van der Waals surface area contributed by atoms with E-state index in [1.165, 1.54) is 6.07 Å². The lowest BCUT2D eigenvalue weighted by Gasteiger charge is -2.07. The lowest BCUT2D eigenvalue weighted by molar-refractivity contribution is -0.383. The molecule has 7 heteroatoms. The second-order valence-electron chi connectivity index (χ2n) is 3.55. The molecule has 3 N–H and O–H groups in total. The third kappa shape index (κ3) is 4.38. The summed E-state index contributed by atoms with van der Waals surface area (Å²) in [4.78, 5) is 21.6. The van der Waals surface area contributed by atoms with E-state index in [1.807, 2.05) is 0 Å². The molecule has 0 saturated carbocycles. The van der Waals surface area contributed by atoms with E-state index in [4.69, 9.17) is 5.11 Å². The second-order valence-corrected chi connectivity index (χ2v) is 3.55. The summed E-state index contributed by atoms with van der Waals surface area (Å²) in [6.45, 7) is 0.349. The van der Waals surface area contributed by atoms with Crippen LogP contribution < -0.4 is 10.6 Å². The van der Waals surface area contributed by atoms with Gasteiger partial charge in [-0.3, -0.25) is 14.9 Å². The Bertz CT molecular complexity index is 423. The number of aliphatic hydroxyl groups is 1. The summed E-state index contributed by atoms with van der Waals surface area (Å²) in [7, 11) is 0. The molecule has 0 aliphatic carbocycles. The standard InChI is InChI=1S/C11H15N3O4/c15-7-3-6-12-11(16)8-13-9-4-1-2-5-10(9)14(17)18/h1-2,4-5,13,15H,3,6-8H2,(H,12,16). The summed E-state index contributed by atoms with van der Waals surface area (Å²) < 4.78 is 0. The van der Waals surface area contributed by atoms with Crippen LogP contribution in [0.15, 0.2) is 24.3 Å². The lowest BCUT2D eigenvalue weighted by atomic mass is 10.2. The van der Waals surface area contributed by atoms with E-state index in [0.29, 0.717) is 18.7 Å². The fourth-order valence-electron chi connectivity index (χ4n) is 1.33. The Labute approximate surface area is 104 Å². The fourth-order valence-corrected chi connectivity index (χ4v) is 1.33. The number of hydrogen-bond donors (Lipinski definition) is 3. The van der Waals surface area contributed by atoms with Crippen molar-refractivity contribution >= 4 is 17.3 Å². The van der Waals surface area contributed by atoms with E-state index >= 15 is 0 Å². The van der Waals surface area contributed by atoms with Gasteiger partial charge < -0.3 is 15.7 Å². The number of nitrogens with one attached hydrogen (secondary N) is 2. The Morgan fingerprint density at radius 1 is 1.39 bits per heavy atom. The molecule has 1 amide bonds. The van der Waals surface area contributed by atoms with Gasteiger partial charge in [-0.2, -0.15) is 0 Å². The quantitative estimate of drug-likeness (QED) is 0.373. The number of nitro benzene ring substituents is 1. The number of benzene rings is 1. The predicted octanol–water partition coefficient (Wildman–Crippen LogP) is 0.505. The minimum absolute atomic E-state index is 0.0118. The molecule has 1 aromatic rings. The molecule has 0 fully saturated rings. The van der Waals surface area contributed by atoms with Crippen LogP contribution in [0.3, 0.4) is 0 Å². The summed E-state index contributed by atoms with van der Waals surface area (Å²) in [5.41, 5.74) is 0.237. The molecule has 0 spiro atoms. The number of para-hydroxylation sites is 2. The number of carbonyl (C=O) groups excluding carboxylic acids is 1. The second kappa shape index (κ2) is 7.23. The number of nitrogens with zero attached hydrogens (tertiary/aromatic N) is 1. The van der Waals surface area contributed by atoms with Crippen LogP contribution in [-0.4, -0.2) is 35.6 Å². The van der Waals surface area contributed by atoms with Crippen molar-refractivity contribution in [2.24, 2.45) is 0 Å². The van der Waals surface area contributed by atoms with E-state index in [0.717, 1.165) is 0 Å². The minimum atomic E-state index is -0.508. The summed E-state index contributed by atoms with van der Waals surface area (Å²) in [6.07, 6.45) is 0.483. The zero-order valence-corrected chi connectivity index (χ0v) is 9.76. The van der Waals surface area contributed by atoms with E-state index in [9.17, 15) is 14.9 Å². The van der Waals surface area contributed by atoms with Crippen molar-refractivity contribution in [3.05, 3.63) is 34.4 Å². The highest BCUT2D eigenvalue weighted by Gasteiger charge is 2.12. The summed E-state index contributed by atoms with van der Waals surface area (Å²) >= 11 is 0. The van der Waals surface area contributed by atoms with Crippen LogP contribution in [0.4, 0.5) is 11.4 Å².